The zero-order valence-corrected chi connectivity index (χ0v) is 13.3. The summed E-state index contributed by atoms with van der Waals surface area (Å²) in [5.74, 6) is -0.492. The maximum atomic E-state index is 12.9. The van der Waals surface area contributed by atoms with Crippen LogP contribution in [0.25, 0.3) is 0 Å². The third-order valence-electron chi connectivity index (χ3n) is 3.41. The van der Waals surface area contributed by atoms with Crippen LogP contribution in [-0.4, -0.2) is 16.9 Å². The second kappa shape index (κ2) is 7.33. The smallest absolute Gasteiger partial charge is 0.381 e. The number of rotatable bonds is 5. The van der Waals surface area contributed by atoms with Gasteiger partial charge in [-0.2, -0.15) is 13.2 Å². The van der Waals surface area contributed by atoms with E-state index >= 15 is 0 Å². The standard InChI is InChI=1S/C17H18F3N3O/c1-11(22-14-8-5-9-21-12(14)2)10-16(24)23-15-7-4-3-6-13(15)17(18,19)20/h3-9,11,22H,10H2,1-2H3,(H,23,24)/t11-/m0/s1. The Kier molecular flexibility index (Phi) is 5.43. The van der Waals surface area contributed by atoms with E-state index in [-0.39, 0.29) is 18.2 Å². The number of aromatic nitrogens is 1. The van der Waals surface area contributed by atoms with Crippen LogP contribution in [0.4, 0.5) is 24.5 Å². The first-order valence-corrected chi connectivity index (χ1v) is 7.41. The zero-order valence-electron chi connectivity index (χ0n) is 13.3. The molecular weight excluding hydrogens is 319 g/mol. The van der Waals surface area contributed by atoms with E-state index in [4.69, 9.17) is 0 Å². The molecule has 1 heterocycles. The first-order chi connectivity index (χ1) is 11.3. The zero-order chi connectivity index (χ0) is 17.7. The largest absolute Gasteiger partial charge is 0.418 e. The van der Waals surface area contributed by atoms with Crippen molar-refractivity contribution in [3.8, 4) is 0 Å². The first kappa shape index (κ1) is 17.8. The fourth-order valence-corrected chi connectivity index (χ4v) is 2.27. The SMILES string of the molecule is Cc1ncccc1N[C@@H](C)CC(=O)Nc1ccccc1C(F)(F)F. The highest BCUT2D eigenvalue weighted by Gasteiger charge is 2.33. The number of hydrogen-bond acceptors (Lipinski definition) is 3. The molecule has 0 radical (unpaired) electrons. The Morgan fingerprint density at radius 1 is 1.17 bits per heavy atom. The lowest BCUT2D eigenvalue weighted by Gasteiger charge is -2.17. The van der Waals surface area contributed by atoms with Gasteiger partial charge < -0.3 is 10.6 Å². The molecule has 1 aromatic carbocycles. The van der Waals surface area contributed by atoms with Crippen LogP contribution in [0.2, 0.25) is 0 Å². The molecule has 2 rings (SSSR count). The number of alkyl halides is 3. The van der Waals surface area contributed by atoms with Crippen molar-refractivity contribution in [1.82, 2.24) is 4.98 Å². The Bertz CT molecular complexity index is 716. The molecule has 0 saturated heterocycles. The molecule has 24 heavy (non-hydrogen) atoms. The number of nitrogens with one attached hydrogen (secondary N) is 2. The van der Waals surface area contributed by atoms with Gasteiger partial charge in [0.2, 0.25) is 5.91 Å². The van der Waals surface area contributed by atoms with E-state index in [9.17, 15) is 18.0 Å². The van der Waals surface area contributed by atoms with E-state index in [0.29, 0.717) is 0 Å². The number of benzene rings is 1. The number of anilines is 2. The number of nitrogens with zero attached hydrogens (tertiary/aromatic N) is 1. The maximum absolute atomic E-state index is 12.9. The summed E-state index contributed by atoms with van der Waals surface area (Å²) >= 11 is 0. The predicted octanol–water partition coefficient (Wildman–Crippen LogP) is 4.24. The minimum Gasteiger partial charge on any atom is -0.381 e. The molecule has 0 unspecified atom stereocenters. The number of amides is 1. The fraction of sp³-hybridized carbons (Fsp3) is 0.294. The number of carbonyl (C=O) groups is 1. The lowest BCUT2D eigenvalue weighted by molar-refractivity contribution is -0.137. The van der Waals surface area contributed by atoms with Crippen LogP contribution in [0.15, 0.2) is 42.6 Å². The van der Waals surface area contributed by atoms with Crippen LogP contribution in [-0.2, 0) is 11.0 Å². The Labute approximate surface area is 138 Å². The first-order valence-electron chi connectivity index (χ1n) is 7.41. The third kappa shape index (κ3) is 4.71. The van der Waals surface area contributed by atoms with Gasteiger partial charge in [-0.1, -0.05) is 12.1 Å². The van der Waals surface area contributed by atoms with Crippen LogP contribution in [0.1, 0.15) is 24.6 Å². The van der Waals surface area contributed by atoms with Crippen LogP contribution in [0.3, 0.4) is 0 Å². The van der Waals surface area contributed by atoms with Crippen molar-refractivity contribution in [3.63, 3.8) is 0 Å². The number of pyridine rings is 1. The van der Waals surface area contributed by atoms with Crippen molar-refractivity contribution in [2.24, 2.45) is 0 Å². The van der Waals surface area contributed by atoms with Gasteiger partial charge in [0.05, 0.1) is 22.6 Å². The lowest BCUT2D eigenvalue weighted by atomic mass is 10.1. The molecular formula is C17H18F3N3O. The Morgan fingerprint density at radius 2 is 1.83 bits per heavy atom. The Morgan fingerprint density at radius 3 is 2.50 bits per heavy atom. The van der Waals surface area contributed by atoms with E-state index in [2.05, 4.69) is 15.6 Å². The molecule has 0 fully saturated rings. The van der Waals surface area contributed by atoms with Crippen molar-refractivity contribution < 1.29 is 18.0 Å². The van der Waals surface area contributed by atoms with Crippen LogP contribution >= 0.6 is 0 Å². The average Bonchev–Trinajstić information content (AvgIpc) is 2.49. The van der Waals surface area contributed by atoms with Gasteiger partial charge in [-0.25, -0.2) is 0 Å². The van der Waals surface area contributed by atoms with Crippen molar-refractivity contribution in [1.29, 1.82) is 0 Å². The molecule has 2 aromatic rings. The highest BCUT2D eigenvalue weighted by molar-refractivity contribution is 5.92. The summed E-state index contributed by atoms with van der Waals surface area (Å²) in [6, 6.07) is 8.25. The van der Waals surface area contributed by atoms with Crippen LogP contribution < -0.4 is 10.6 Å². The van der Waals surface area contributed by atoms with Gasteiger partial charge in [-0.3, -0.25) is 9.78 Å². The summed E-state index contributed by atoms with van der Waals surface area (Å²) in [6.45, 7) is 3.61. The van der Waals surface area contributed by atoms with Crippen molar-refractivity contribution in [2.45, 2.75) is 32.5 Å². The van der Waals surface area contributed by atoms with Crippen molar-refractivity contribution >= 4 is 17.3 Å². The molecule has 7 heteroatoms. The predicted molar refractivity (Wildman–Crippen MR) is 86.7 cm³/mol. The molecule has 2 N–H and O–H groups in total. The molecule has 1 amide bonds. The van der Waals surface area contributed by atoms with Gasteiger partial charge in [0.25, 0.3) is 0 Å². The summed E-state index contributed by atoms with van der Waals surface area (Å²) in [5.41, 5.74) is 0.475. The normalized spacial score (nSPS) is 12.5. The molecule has 0 bridgehead atoms. The van der Waals surface area contributed by atoms with Crippen LogP contribution in [0, 0.1) is 6.92 Å². The molecule has 0 aliphatic rings. The molecule has 0 spiro atoms. The molecule has 0 saturated carbocycles. The van der Waals surface area contributed by atoms with E-state index in [1.807, 2.05) is 13.0 Å². The molecule has 0 aliphatic carbocycles. The molecule has 0 aliphatic heterocycles. The van der Waals surface area contributed by atoms with Crippen molar-refractivity contribution in [2.75, 3.05) is 10.6 Å². The number of aryl methyl sites for hydroxylation is 1. The average molecular weight is 337 g/mol. The molecule has 1 atom stereocenters. The topological polar surface area (TPSA) is 54.0 Å². The molecule has 128 valence electrons. The van der Waals surface area contributed by atoms with E-state index in [0.717, 1.165) is 17.4 Å². The Balaban J connectivity index is 2.00. The minimum atomic E-state index is -4.51. The second-order valence-corrected chi connectivity index (χ2v) is 5.48. The van der Waals surface area contributed by atoms with E-state index in [1.165, 1.54) is 18.2 Å². The summed E-state index contributed by atoms with van der Waals surface area (Å²) in [7, 11) is 0. The van der Waals surface area contributed by atoms with Gasteiger partial charge in [-0.15, -0.1) is 0 Å². The van der Waals surface area contributed by atoms with Crippen LogP contribution in [0.5, 0.6) is 0 Å². The lowest BCUT2D eigenvalue weighted by Crippen LogP contribution is -2.25. The molecule has 4 nitrogen and oxygen atoms in total. The highest BCUT2D eigenvalue weighted by atomic mass is 19.4. The van der Waals surface area contributed by atoms with E-state index < -0.39 is 17.6 Å². The summed E-state index contributed by atoms with van der Waals surface area (Å²) in [6.07, 6.45) is -2.83. The quantitative estimate of drug-likeness (QED) is 0.858. The number of carbonyl (C=O) groups excluding carboxylic acids is 1. The Hall–Kier alpha value is -2.57. The highest BCUT2D eigenvalue weighted by Crippen LogP contribution is 2.34. The number of halogens is 3. The summed E-state index contributed by atoms with van der Waals surface area (Å²) in [5, 5.41) is 5.46. The summed E-state index contributed by atoms with van der Waals surface area (Å²) < 4.78 is 38.8. The van der Waals surface area contributed by atoms with Gasteiger partial charge >= 0.3 is 6.18 Å². The van der Waals surface area contributed by atoms with Gasteiger partial charge in [-0.05, 0) is 38.1 Å². The number of para-hydroxylation sites is 1. The second-order valence-electron chi connectivity index (χ2n) is 5.48. The monoisotopic (exact) mass is 337 g/mol. The molecule has 1 aromatic heterocycles. The maximum Gasteiger partial charge on any atom is 0.418 e. The van der Waals surface area contributed by atoms with Gasteiger partial charge in [0.15, 0.2) is 0 Å². The minimum absolute atomic E-state index is 0.0283. The van der Waals surface area contributed by atoms with Crippen molar-refractivity contribution in [3.05, 3.63) is 53.9 Å². The fourth-order valence-electron chi connectivity index (χ4n) is 2.27. The van der Waals surface area contributed by atoms with E-state index in [1.54, 1.807) is 19.2 Å². The summed E-state index contributed by atoms with van der Waals surface area (Å²) in [4.78, 5) is 16.2. The third-order valence-corrected chi connectivity index (χ3v) is 3.41. The van der Waals surface area contributed by atoms with Gasteiger partial charge in [0.1, 0.15) is 0 Å². The van der Waals surface area contributed by atoms with Gasteiger partial charge in [0, 0.05) is 18.7 Å². The number of hydrogen-bond donors (Lipinski definition) is 2.